The molecule has 0 fully saturated rings. The van der Waals surface area contributed by atoms with Crippen LogP contribution in [0.4, 0.5) is 5.69 Å². The van der Waals surface area contributed by atoms with Gasteiger partial charge in [-0.2, -0.15) is 4.99 Å². The number of nitro groups is 1. The first-order valence-electron chi connectivity index (χ1n) is 8.40. The Balaban J connectivity index is 1.87. The Labute approximate surface area is 177 Å². The molecule has 2 aromatic carbocycles. The number of aromatic nitrogens is 1. The fraction of sp³-hybridized carbons (Fsp3) is 0.167. The van der Waals surface area contributed by atoms with E-state index in [0.717, 1.165) is 17.4 Å². The van der Waals surface area contributed by atoms with Crippen molar-refractivity contribution in [2.24, 2.45) is 4.99 Å². The molecule has 4 rings (SSSR count). The Morgan fingerprint density at radius 1 is 1.30 bits per heavy atom. The van der Waals surface area contributed by atoms with Crippen LogP contribution in [0.3, 0.4) is 0 Å². The minimum Gasteiger partial charge on any atom is -0.468 e. The second-order valence-corrected chi connectivity index (χ2v) is 7.47. The Bertz CT molecular complexity index is 1280. The van der Waals surface area contributed by atoms with Crippen molar-refractivity contribution in [2.75, 3.05) is 13.9 Å². The predicted molar refractivity (Wildman–Crippen MR) is 106 cm³/mol. The summed E-state index contributed by atoms with van der Waals surface area (Å²) >= 11 is 7.18. The van der Waals surface area contributed by atoms with Gasteiger partial charge in [0.05, 0.1) is 32.8 Å². The summed E-state index contributed by atoms with van der Waals surface area (Å²) in [6.45, 7) is -0.116. The summed E-state index contributed by atoms with van der Waals surface area (Å²) in [6, 6.07) is 6.91. The normalized spacial score (nSPS) is 12.9. The Morgan fingerprint density at radius 2 is 2.03 bits per heavy atom. The quantitative estimate of drug-likeness (QED) is 0.341. The molecule has 2 heterocycles. The highest BCUT2D eigenvalue weighted by Gasteiger charge is 2.20. The third-order valence-corrected chi connectivity index (χ3v) is 5.65. The highest BCUT2D eigenvalue weighted by molar-refractivity contribution is 7.16. The van der Waals surface area contributed by atoms with Gasteiger partial charge in [-0.1, -0.05) is 22.9 Å². The molecular weight excluding hydrogens is 438 g/mol. The molecule has 1 amide bonds. The Morgan fingerprint density at radius 3 is 2.73 bits per heavy atom. The molecular formula is C18H12ClN3O7S. The number of carbonyl (C=O) groups is 2. The maximum Gasteiger partial charge on any atom is 0.325 e. The van der Waals surface area contributed by atoms with E-state index in [-0.39, 0.29) is 34.4 Å². The lowest BCUT2D eigenvalue weighted by molar-refractivity contribution is -0.384. The number of esters is 1. The van der Waals surface area contributed by atoms with Crippen molar-refractivity contribution in [3.63, 3.8) is 0 Å². The van der Waals surface area contributed by atoms with Crippen molar-refractivity contribution in [3.8, 4) is 11.5 Å². The van der Waals surface area contributed by atoms with E-state index in [1.54, 1.807) is 12.1 Å². The first kappa shape index (κ1) is 19.9. The number of hydrogen-bond acceptors (Lipinski definition) is 8. The summed E-state index contributed by atoms with van der Waals surface area (Å²) in [7, 11) is 1.25. The second-order valence-electron chi connectivity index (χ2n) is 6.06. The number of thiazole rings is 1. The summed E-state index contributed by atoms with van der Waals surface area (Å²) in [5.41, 5.74) is 0.177. The number of methoxy groups -OCH3 is 1. The minimum atomic E-state index is -0.783. The monoisotopic (exact) mass is 449 g/mol. The number of ether oxygens (including phenoxy) is 3. The van der Waals surface area contributed by atoms with Gasteiger partial charge in [-0.25, -0.2) is 0 Å². The van der Waals surface area contributed by atoms with Crippen LogP contribution in [0.1, 0.15) is 10.4 Å². The first-order chi connectivity index (χ1) is 14.4. The van der Waals surface area contributed by atoms with Gasteiger partial charge >= 0.3 is 5.97 Å². The second kappa shape index (κ2) is 7.76. The molecule has 0 N–H and O–H groups in total. The average Bonchev–Trinajstić information content (AvgIpc) is 3.30. The average molecular weight is 450 g/mol. The Kier molecular flexibility index (Phi) is 5.14. The van der Waals surface area contributed by atoms with Crippen LogP contribution in [-0.2, 0) is 16.1 Å². The van der Waals surface area contributed by atoms with E-state index in [2.05, 4.69) is 4.99 Å². The zero-order valence-electron chi connectivity index (χ0n) is 15.3. The van der Waals surface area contributed by atoms with Gasteiger partial charge in [0.2, 0.25) is 6.79 Å². The van der Waals surface area contributed by atoms with Gasteiger partial charge in [-0.15, -0.1) is 0 Å². The van der Waals surface area contributed by atoms with E-state index in [1.165, 1.54) is 23.8 Å². The number of halogens is 1. The molecule has 12 heteroatoms. The van der Waals surface area contributed by atoms with Crippen molar-refractivity contribution < 1.29 is 28.7 Å². The van der Waals surface area contributed by atoms with Gasteiger partial charge < -0.3 is 18.8 Å². The van der Waals surface area contributed by atoms with Gasteiger partial charge in [-0.3, -0.25) is 19.7 Å². The molecule has 0 radical (unpaired) electrons. The van der Waals surface area contributed by atoms with Crippen molar-refractivity contribution in [2.45, 2.75) is 6.54 Å². The van der Waals surface area contributed by atoms with Crippen LogP contribution in [0.25, 0.3) is 10.2 Å². The molecule has 0 bridgehead atoms. The number of hydrogen-bond donors (Lipinski definition) is 0. The van der Waals surface area contributed by atoms with Crippen LogP contribution >= 0.6 is 22.9 Å². The van der Waals surface area contributed by atoms with Gasteiger partial charge in [0, 0.05) is 24.3 Å². The van der Waals surface area contributed by atoms with Crippen LogP contribution in [0, 0.1) is 10.1 Å². The topological polar surface area (TPSA) is 122 Å². The van der Waals surface area contributed by atoms with E-state index in [0.29, 0.717) is 21.7 Å². The molecule has 0 saturated carbocycles. The fourth-order valence-corrected chi connectivity index (χ4v) is 4.07. The fourth-order valence-electron chi connectivity index (χ4n) is 2.83. The third kappa shape index (κ3) is 3.60. The maximum atomic E-state index is 12.7. The van der Waals surface area contributed by atoms with E-state index < -0.39 is 16.8 Å². The zero-order valence-corrected chi connectivity index (χ0v) is 16.9. The van der Waals surface area contributed by atoms with Crippen molar-refractivity contribution in [3.05, 3.63) is 55.8 Å². The molecule has 154 valence electrons. The van der Waals surface area contributed by atoms with Crippen molar-refractivity contribution in [1.82, 2.24) is 4.57 Å². The Hall–Kier alpha value is -3.44. The van der Waals surface area contributed by atoms with Crippen molar-refractivity contribution >= 4 is 50.7 Å². The van der Waals surface area contributed by atoms with Crippen LogP contribution in [-0.4, -0.2) is 35.3 Å². The standard InChI is InChI=1S/C18H12ClN3O7S/c1-27-16(23)7-21-12-5-13-14(29-8-28-13)6-15(12)30-18(21)20-17(24)10-4-9(22(25)26)2-3-11(10)19/h2-6H,7-8H2,1H3. The number of rotatable bonds is 4. The number of nitro benzene ring substituents is 1. The van der Waals surface area contributed by atoms with Gasteiger partial charge in [0.15, 0.2) is 16.3 Å². The number of amides is 1. The number of carbonyl (C=O) groups excluding carboxylic acids is 2. The smallest absolute Gasteiger partial charge is 0.325 e. The largest absolute Gasteiger partial charge is 0.468 e. The molecule has 0 atom stereocenters. The van der Waals surface area contributed by atoms with Gasteiger partial charge in [0.1, 0.15) is 6.54 Å². The van der Waals surface area contributed by atoms with E-state index in [4.69, 9.17) is 25.8 Å². The van der Waals surface area contributed by atoms with Crippen LogP contribution in [0.2, 0.25) is 5.02 Å². The molecule has 0 spiro atoms. The lowest BCUT2D eigenvalue weighted by atomic mass is 10.2. The molecule has 1 aromatic heterocycles. The van der Waals surface area contributed by atoms with E-state index in [9.17, 15) is 19.7 Å². The lowest BCUT2D eigenvalue weighted by Crippen LogP contribution is -2.22. The third-order valence-electron chi connectivity index (χ3n) is 4.28. The van der Waals surface area contributed by atoms with E-state index in [1.807, 2.05) is 0 Å². The number of benzene rings is 2. The summed E-state index contributed by atoms with van der Waals surface area (Å²) < 4.78 is 17.7. The number of fused-ring (bicyclic) bond motifs is 2. The van der Waals surface area contributed by atoms with Gasteiger partial charge in [-0.05, 0) is 6.07 Å². The molecule has 10 nitrogen and oxygen atoms in total. The van der Waals surface area contributed by atoms with Crippen molar-refractivity contribution in [1.29, 1.82) is 0 Å². The SMILES string of the molecule is COC(=O)Cn1c(=NC(=O)c2cc([N+](=O)[O-])ccc2Cl)sc2cc3c(cc21)OCO3. The minimum absolute atomic E-state index is 0.0238. The van der Waals surface area contributed by atoms with Crippen LogP contribution in [0.5, 0.6) is 11.5 Å². The summed E-state index contributed by atoms with van der Waals surface area (Å²) in [5, 5.41) is 11.0. The maximum absolute atomic E-state index is 12.7. The van der Waals surface area contributed by atoms with Crippen LogP contribution < -0.4 is 14.3 Å². The molecule has 1 aliphatic heterocycles. The number of nitrogens with zero attached hydrogens (tertiary/aromatic N) is 3. The molecule has 0 unspecified atom stereocenters. The summed E-state index contributed by atoms with van der Waals surface area (Å²) in [4.78, 5) is 39.3. The predicted octanol–water partition coefficient (Wildman–Crippen LogP) is 2.91. The molecule has 3 aromatic rings. The molecule has 0 aliphatic carbocycles. The molecule has 0 saturated heterocycles. The highest BCUT2D eigenvalue weighted by atomic mass is 35.5. The molecule has 1 aliphatic rings. The van der Waals surface area contributed by atoms with Gasteiger partial charge in [0.25, 0.3) is 11.6 Å². The highest BCUT2D eigenvalue weighted by Crippen LogP contribution is 2.37. The number of non-ortho nitro benzene ring substituents is 1. The summed E-state index contributed by atoms with van der Waals surface area (Å²) in [6.07, 6.45) is 0. The first-order valence-corrected chi connectivity index (χ1v) is 9.59. The lowest BCUT2D eigenvalue weighted by Gasteiger charge is -2.04. The molecule has 30 heavy (non-hydrogen) atoms. The zero-order chi connectivity index (χ0) is 21.4. The van der Waals surface area contributed by atoms with E-state index >= 15 is 0 Å². The summed E-state index contributed by atoms with van der Waals surface area (Å²) in [5.74, 6) is -0.296. The van der Waals surface area contributed by atoms with Crippen LogP contribution in [0.15, 0.2) is 35.3 Å².